The summed E-state index contributed by atoms with van der Waals surface area (Å²) in [6, 6.07) is -0.674. The molecule has 0 radical (unpaired) electrons. The zero-order chi connectivity index (χ0) is 9.19. The molecule has 1 saturated carbocycles. The van der Waals surface area contributed by atoms with Gasteiger partial charge in [-0.15, -0.1) is 0 Å². The molecule has 0 bridgehead atoms. The van der Waals surface area contributed by atoms with Crippen LogP contribution in [0.5, 0.6) is 0 Å². The van der Waals surface area contributed by atoms with Crippen LogP contribution >= 0.6 is 0 Å². The van der Waals surface area contributed by atoms with Gasteiger partial charge >= 0.3 is 6.18 Å². The summed E-state index contributed by atoms with van der Waals surface area (Å²) in [5.41, 5.74) is 5.45. The van der Waals surface area contributed by atoms with Gasteiger partial charge in [-0.05, 0) is 12.8 Å². The Balaban J connectivity index is 2.59. The maximum Gasteiger partial charge on any atom is 0.393 e. The summed E-state index contributed by atoms with van der Waals surface area (Å²) in [6.07, 6.45) is -0.968. The molecule has 0 aromatic rings. The van der Waals surface area contributed by atoms with Crippen LogP contribution in [0.2, 0.25) is 0 Å². The summed E-state index contributed by atoms with van der Waals surface area (Å²) in [5, 5.41) is 0. The normalized spacial score (nSPS) is 33.0. The Labute approximate surface area is 70.1 Å². The summed E-state index contributed by atoms with van der Waals surface area (Å²) in [4.78, 5) is 0. The summed E-state index contributed by atoms with van der Waals surface area (Å²) in [7, 11) is 0. The quantitative estimate of drug-likeness (QED) is 0.571. The van der Waals surface area contributed by atoms with E-state index in [9.17, 15) is 13.2 Å². The minimum absolute atomic E-state index is 0.213. The molecule has 0 aromatic heterocycles. The van der Waals surface area contributed by atoms with Crippen LogP contribution in [0.3, 0.4) is 0 Å². The molecule has 0 unspecified atom stereocenters. The van der Waals surface area contributed by atoms with E-state index in [0.29, 0.717) is 12.8 Å². The third-order valence-electron chi connectivity index (χ3n) is 2.49. The van der Waals surface area contributed by atoms with Gasteiger partial charge in [-0.25, -0.2) is 0 Å². The fraction of sp³-hybridized carbons (Fsp3) is 1.00. The summed E-state index contributed by atoms with van der Waals surface area (Å²) >= 11 is 0. The first-order valence-electron chi connectivity index (χ1n) is 4.34. The fourth-order valence-corrected chi connectivity index (χ4v) is 1.74. The van der Waals surface area contributed by atoms with E-state index in [4.69, 9.17) is 5.73 Å². The topological polar surface area (TPSA) is 26.0 Å². The van der Waals surface area contributed by atoms with Crippen molar-refractivity contribution < 1.29 is 13.2 Å². The molecule has 12 heavy (non-hydrogen) atoms. The predicted octanol–water partition coefficient (Wildman–Crippen LogP) is 2.46. The monoisotopic (exact) mass is 181 g/mol. The molecule has 0 amide bonds. The first-order valence-corrected chi connectivity index (χ1v) is 4.34. The average molecular weight is 181 g/mol. The van der Waals surface area contributed by atoms with Gasteiger partial charge in [0.1, 0.15) is 0 Å². The van der Waals surface area contributed by atoms with Gasteiger partial charge in [-0.3, -0.25) is 0 Å². The molecule has 72 valence electrons. The van der Waals surface area contributed by atoms with Crippen molar-refractivity contribution in [3.8, 4) is 0 Å². The number of nitrogens with two attached hydrogens (primary N) is 1. The largest absolute Gasteiger partial charge is 0.393 e. The van der Waals surface area contributed by atoms with Gasteiger partial charge in [0.05, 0.1) is 5.92 Å². The Hall–Kier alpha value is -0.250. The molecule has 4 heteroatoms. The third-order valence-corrected chi connectivity index (χ3v) is 2.49. The van der Waals surface area contributed by atoms with Crippen LogP contribution in [0.15, 0.2) is 0 Å². The highest BCUT2D eigenvalue weighted by molar-refractivity contribution is 4.81. The van der Waals surface area contributed by atoms with E-state index in [-0.39, 0.29) is 6.42 Å². The van der Waals surface area contributed by atoms with E-state index in [1.807, 2.05) is 0 Å². The molecule has 2 N–H and O–H groups in total. The van der Waals surface area contributed by atoms with Gasteiger partial charge in [0, 0.05) is 6.04 Å². The Bertz CT molecular complexity index is 144. The van der Waals surface area contributed by atoms with Crippen LogP contribution in [-0.4, -0.2) is 12.2 Å². The number of rotatable bonds is 0. The van der Waals surface area contributed by atoms with Crippen LogP contribution in [0, 0.1) is 5.92 Å². The minimum atomic E-state index is -4.09. The zero-order valence-corrected chi connectivity index (χ0v) is 6.90. The van der Waals surface area contributed by atoms with Gasteiger partial charge in [-0.1, -0.05) is 19.3 Å². The molecule has 0 aromatic carbocycles. The van der Waals surface area contributed by atoms with Gasteiger partial charge in [0.15, 0.2) is 0 Å². The lowest BCUT2D eigenvalue weighted by atomic mass is 9.95. The summed E-state index contributed by atoms with van der Waals surface area (Å²) in [6.45, 7) is 0. The van der Waals surface area contributed by atoms with Crippen molar-refractivity contribution in [1.82, 2.24) is 0 Å². The SMILES string of the molecule is N[C@@H]1CCCCC[C@@H]1C(F)(F)F. The molecule has 0 saturated heterocycles. The first kappa shape index (κ1) is 9.84. The van der Waals surface area contributed by atoms with Crippen molar-refractivity contribution in [3.05, 3.63) is 0 Å². The van der Waals surface area contributed by atoms with Gasteiger partial charge in [-0.2, -0.15) is 13.2 Å². The highest BCUT2D eigenvalue weighted by Crippen LogP contribution is 2.35. The van der Waals surface area contributed by atoms with E-state index < -0.39 is 18.1 Å². The Morgan fingerprint density at radius 1 is 1.00 bits per heavy atom. The lowest BCUT2D eigenvalue weighted by Gasteiger charge is -2.23. The third kappa shape index (κ3) is 2.37. The van der Waals surface area contributed by atoms with Crippen molar-refractivity contribution in [2.75, 3.05) is 0 Å². The van der Waals surface area contributed by atoms with Crippen molar-refractivity contribution in [1.29, 1.82) is 0 Å². The number of halogens is 3. The lowest BCUT2D eigenvalue weighted by Crippen LogP contribution is -2.38. The minimum Gasteiger partial charge on any atom is -0.327 e. The van der Waals surface area contributed by atoms with Gasteiger partial charge in [0.25, 0.3) is 0 Å². The van der Waals surface area contributed by atoms with E-state index in [1.165, 1.54) is 0 Å². The molecule has 1 fully saturated rings. The van der Waals surface area contributed by atoms with Crippen molar-refractivity contribution in [2.24, 2.45) is 11.7 Å². The van der Waals surface area contributed by atoms with Gasteiger partial charge in [0.2, 0.25) is 0 Å². The lowest BCUT2D eigenvalue weighted by molar-refractivity contribution is -0.181. The molecule has 0 spiro atoms. The Morgan fingerprint density at radius 3 is 2.17 bits per heavy atom. The maximum atomic E-state index is 12.3. The van der Waals surface area contributed by atoms with Crippen LogP contribution in [0.4, 0.5) is 13.2 Å². The van der Waals surface area contributed by atoms with E-state index >= 15 is 0 Å². The Morgan fingerprint density at radius 2 is 1.58 bits per heavy atom. The highest BCUT2D eigenvalue weighted by atomic mass is 19.4. The molecule has 1 aliphatic rings. The average Bonchev–Trinajstić information content (AvgIpc) is 2.11. The number of hydrogen-bond donors (Lipinski definition) is 1. The van der Waals surface area contributed by atoms with Crippen molar-refractivity contribution in [3.63, 3.8) is 0 Å². The van der Waals surface area contributed by atoms with Crippen LogP contribution in [0.1, 0.15) is 32.1 Å². The van der Waals surface area contributed by atoms with Gasteiger partial charge < -0.3 is 5.73 Å². The first-order chi connectivity index (χ1) is 5.52. The van der Waals surface area contributed by atoms with Crippen molar-refractivity contribution in [2.45, 2.75) is 44.3 Å². The standard InChI is InChI=1S/C8H14F3N/c9-8(10,11)6-4-2-1-3-5-7(6)12/h6-7H,1-5,12H2/t6-,7+/m0/s1. The van der Waals surface area contributed by atoms with Crippen LogP contribution in [0.25, 0.3) is 0 Å². The second-order valence-corrected chi connectivity index (χ2v) is 3.45. The van der Waals surface area contributed by atoms with E-state index in [0.717, 1.165) is 12.8 Å². The molecule has 1 nitrogen and oxygen atoms in total. The summed E-state index contributed by atoms with van der Waals surface area (Å²) in [5.74, 6) is -1.26. The van der Waals surface area contributed by atoms with E-state index in [2.05, 4.69) is 0 Å². The summed E-state index contributed by atoms with van der Waals surface area (Å²) < 4.78 is 36.9. The molecule has 0 aliphatic heterocycles. The molecular formula is C8H14F3N. The van der Waals surface area contributed by atoms with Crippen LogP contribution in [-0.2, 0) is 0 Å². The fourth-order valence-electron chi connectivity index (χ4n) is 1.74. The molecule has 2 atom stereocenters. The highest BCUT2D eigenvalue weighted by Gasteiger charge is 2.43. The number of alkyl halides is 3. The molecule has 0 heterocycles. The molecule has 1 aliphatic carbocycles. The molecule has 1 rings (SSSR count). The second-order valence-electron chi connectivity index (χ2n) is 3.45. The van der Waals surface area contributed by atoms with E-state index in [1.54, 1.807) is 0 Å². The Kier molecular flexibility index (Phi) is 2.99. The van der Waals surface area contributed by atoms with Crippen LogP contribution < -0.4 is 5.73 Å². The molecular weight excluding hydrogens is 167 g/mol. The second kappa shape index (κ2) is 3.64. The maximum absolute atomic E-state index is 12.3. The number of hydrogen-bond acceptors (Lipinski definition) is 1. The zero-order valence-electron chi connectivity index (χ0n) is 6.90. The van der Waals surface area contributed by atoms with Crippen molar-refractivity contribution >= 4 is 0 Å². The predicted molar refractivity (Wildman–Crippen MR) is 40.6 cm³/mol. The smallest absolute Gasteiger partial charge is 0.327 e.